The van der Waals surface area contributed by atoms with Crippen LogP contribution in [-0.4, -0.2) is 16.8 Å². The van der Waals surface area contributed by atoms with Gasteiger partial charge in [0.05, 0.1) is 6.04 Å². The number of benzene rings is 3. The molecule has 4 heteroatoms. The Kier molecular flexibility index (Phi) is 5.02. The molecule has 1 aliphatic rings. The van der Waals surface area contributed by atoms with E-state index in [1.165, 1.54) is 17.2 Å². The highest BCUT2D eigenvalue weighted by Crippen LogP contribution is 2.31. The molecular formula is C24H19NO3. The van der Waals surface area contributed by atoms with Crippen molar-refractivity contribution in [1.29, 1.82) is 0 Å². The molecule has 3 aromatic carbocycles. The van der Waals surface area contributed by atoms with Gasteiger partial charge in [-0.1, -0.05) is 72.8 Å². The summed E-state index contributed by atoms with van der Waals surface area (Å²) in [5.41, 5.74) is 3.09. The molecule has 0 spiro atoms. The highest BCUT2D eigenvalue weighted by Gasteiger charge is 2.30. The lowest BCUT2D eigenvalue weighted by molar-refractivity contribution is -0.116. The summed E-state index contributed by atoms with van der Waals surface area (Å²) < 4.78 is 5.46. The average Bonchev–Trinajstić information content (AvgIpc) is 2.75. The van der Waals surface area contributed by atoms with Gasteiger partial charge in [0, 0.05) is 12.6 Å². The van der Waals surface area contributed by atoms with Crippen LogP contribution in [0, 0.1) is 0 Å². The second kappa shape index (κ2) is 7.92. The molecule has 1 amide bonds. The maximum atomic E-state index is 12.7. The topological polar surface area (TPSA) is 46.6 Å². The van der Waals surface area contributed by atoms with Crippen molar-refractivity contribution in [3.63, 3.8) is 0 Å². The molecule has 28 heavy (non-hydrogen) atoms. The van der Waals surface area contributed by atoms with E-state index < -0.39 is 12.1 Å². The summed E-state index contributed by atoms with van der Waals surface area (Å²) in [5.74, 6) is 0.455. The molecule has 4 nitrogen and oxygen atoms in total. The second-order valence-corrected chi connectivity index (χ2v) is 6.58. The standard InChI is InChI=1S/C24H19NO3/c26-21-15-16-25(24(27)28-22-9-5-2-6-10-22)23(17-21)20-13-11-19(12-14-20)18-7-3-1-4-8-18/h1-16,23H,17H2/t23-/m0/s1. The fourth-order valence-corrected chi connectivity index (χ4v) is 3.26. The van der Waals surface area contributed by atoms with Crippen molar-refractivity contribution >= 4 is 11.9 Å². The Morgan fingerprint density at radius 1 is 0.821 bits per heavy atom. The van der Waals surface area contributed by atoms with E-state index in [4.69, 9.17) is 4.74 Å². The predicted octanol–water partition coefficient (Wildman–Crippen LogP) is 5.38. The van der Waals surface area contributed by atoms with Crippen molar-refractivity contribution in [3.8, 4) is 16.9 Å². The molecule has 0 radical (unpaired) electrons. The molecule has 3 aromatic rings. The van der Waals surface area contributed by atoms with Gasteiger partial charge in [0.1, 0.15) is 5.75 Å². The van der Waals surface area contributed by atoms with E-state index in [0.29, 0.717) is 5.75 Å². The molecule has 0 saturated carbocycles. The zero-order valence-corrected chi connectivity index (χ0v) is 15.2. The van der Waals surface area contributed by atoms with Crippen molar-refractivity contribution in [2.75, 3.05) is 0 Å². The van der Waals surface area contributed by atoms with E-state index in [1.54, 1.807) is 24.3 Å². The molecule has 4 rings (SSSR count). The first-order valence-electron chi connectivity index (χ1n) is 9.12. The van der Waals surface area contributed by atoms with E-state index in [2.05, 4.69) is 0 Å². The minimum absolute atomic E-state index is 0.0131. The van der Waals surface area contributed by atoms with Gasteiger partial charge in [-0.05, 0) is 34.9 Å². The minimum Gasteiger partial charge on any atom is -0.410 e. The van der Waals surface area contributed by atoms with Crippen molar-refractivity contribution < 1.29 is 14.3 Å². The lowest BCUT2D eigenvalue weighted by atomic mass is 9.95. The summed E-state index contributed by atoms with van der Waals surface area (Å²) in [6, 6.07) is 26.5. The molecule has 0 saturated heterocycles. The smallest absolute Gasteiger partial charge is 0.410 e. The van der Waals surface area contributed by atoms with Crippen LogP contribution >= 0.6 is 0 Å². The second-order valence-electron chi connectivity index (χ2n) is 6.58. The molecule has 0 fully saturated rings. The normalized spacial score (nSPS) is 16.1. The van der Waals surface area contributed by atoms with Crippen molar-refractivity contribution in [2.24, 2.45) is 0 Å². The van der Waals surface area contributed by atoms with Gasteiger partial charge in [-0.2, -0.15) is 0 Å². The van der Waals surface area contributed by atoms with E-state index in [0.717, 1.165) is 16.7 Å². The van der Waals surface area contributed by atoms with Gasteiger partial charge in [0.15, 0.2) is 5.78 Å². The molecule has 0 unspecified atom stereocenters. The van der Waals surface area contributed by atoms with Gasteiger partial charge >= 0.3 is 6.09 Å². The van der Waals surface area contributed by atoms with Crippen LogP contribution in [0.5, 0.6) is 5.75 Å². The van der Waals surface area contributed by atoms with E-state index in [-0.39, 0.29) is 12.2 Å². The number of hydrogen-bond donors (Lipinski definition) is 0. The zero-order valence-electron chi connectivity index (χ0n) is 15.2. The first kappa shape index (κ1) is 17.7. The maximum Gasteiger partial charge on any atom is 0.419 e. The average molecular weight is 369 g/mol. The summed E-state index contributed by atoms with van der Waals surface area (Å²) in [6.07, 6.45) is 2.64. The Morgan fingerprint density at radius 3 is 2.11 bits per heavy atom. The Labute approximate surface area is 163 Å². The van der Waals surface area contributed by atoms with Crippen LogP contribution in [-0.2, 0) is 4.79 Å². The van der Waals surface area contributed by atoms with Gasteiger partial charge in [-0.3, -0.25) is 9.69 Å². The summed E-state index contributed by atoms with van der Waals surface area (Å²) in [6.45, 7) is 0. The molecule has 1 aliphatic heterocycles. The number of ether oxygens (including phenoxy) is 1. The Balaban J connectivity index is 1.58. The minimum atomic E-state index is -0.507. The van der Waals surface area contributed by atoms with Crippen LogP contribution in [0.25, 0.3) is 11.1 Å². The molecule has 0 bridgehead atoms. The van der Waals surface area contributed by atoms with Crippen LogP contribution in [0.2, 0.25) is 0 Å². The quantitative estimate of drug-likeness (QED) is 0.622. The molecule has 0 aromatic heterocycles. The number of carbonyl (C=O) groups excluding carboxylic acids is 2. The monoisotopic (exact) mass is 369 g/mol. The largest absolute Gasteiger partial charge is 0.419 e. The zero-order chi connectivity index (χ0) is 19.3. The van der Waals surface area contributed by atoms with E-state index in [9.17, 15) is 9.59 Å². The lowest BCUT2D eigenvalue weighted by Gasteiger charge is -2.30. The third kappa shape index (κ3) is 3.86. The number of carbonyl (C=O) groups is 2. The Hall–Kier alpha value is -3.66. The van der Waals surface area contributed by atoms with Crippen LogP contribution in [0.1, 0.15) is 18.0 Å². The first-order valence-corrected chi connectivity index (χ1v) is 9.12. The molecular weight excluding hydrogens is 350 g/mol. The highest BCUT2D eigenvalue weighted by atomic mass is 16.6. The third-order valence-corrected chi connectivity index (χ3v) is 4.71. The Morgan fingerprint density at radius 2 is 1.43 bits per heavy atom. The van der Waals surface area contributed by atoms with Crippen molar-refractivity contribution in [1.82, 2.24) is 4.90 Å². The fraction of sp³-hybridized carbons (Fsp3) is 0.0833. The number of nitrogens with zero attached hydrogens (tertiary/aromatic N) is 1. The molecule has 0 N–H and O–H groups in total. The van der Waals surface area contributed by atoms with Gasteiger partial charge in [0.25, 0.3) is 0 Å². The summed E-state index contributed by atoms with van der Waals surface area (Å²) in [5, 5.41) is 0. The van der Waals surface area contributed by atoms with E-state index >= 15 is 0 Å². The molecule has 0 aliphatic carbocycles. The van der Waals surface area contributed by atoms with Gasteiger partial charge in [-0.15, -0.1) is 0 Å². The molecule has 138 valence electrons. The van der Waals surface area contributed by atoms with Gasteiger partial charge < -0.3 is 4.74 Å². The van der Waals surface area contributed by atoms with Gasteiger partial charge in [-0.25, -0.2) is 4.79 Å². The van der Waals surface area contributed by atoms with Crippen LogP contribution in [0.3, 0.4) is 0 Å². The van der Waals surface area contributed by atoms with Crippen LogP contribution in [0.4, 0.5) is 4.79 Å². The molecule has 1 atom stereocenters. The SMILES string of the molecule is O=C1C=CN(C(=O)Oc2ccccc2)[C@H](c2ccc(-c3ccccc3)cc2)C1. The van der Waals surface area contributed by atoms with Crippen molar-refractivity contribution in [3.05, 3.63) is 103 Å². The number of ketones is 1. The number of allylic oxidation sites excluding steroid dienone is 1. The fourth-order valence-electron chi connectivity index (χ4n) is 3.26. The first-order chi connectivity index (χ1) is 13.7. The number of amides is 1. The molecule has 1 heterocycles. The number of para-hydroxylation sites is 1. The number of rotatable bonds is 3. The van der Waals surface area contributed by atoms with E-state index in [1.807, 2.05) is 60.7 Å². The predicted molar refractivity (Wildman–Crippen MR) is 108 cm³/mol. The number of hydrogen-bond acceptors (Lipinski definition) is 3. The van der Waals surface area contributed by atoms with Gasteiger partial charge in [0.2, 0.25) is 0 Å². The summed E-state index contributed by atoms with van der Waals surface area (Å²) in [4.78, 5) is 26.2. The maximum absolute atomic E-state index is 12.7. The van der Waals surface area contributed by atoms with Crippen molar-refractivity contribution in [2.45, 2.75) is 12.5 Å². The lowest BCUT2D eigenvalue weighted by Crippen LogP contribution is -2.36. The summed E-state index contributed by atoms with van der Waals surface area (Å²) in [7, 11) is 0. The van der Waals surface area contributed by atoms with Crippen LogP contribution in [0.15, 0.2) is 97.2 Å². The summed E-state index contributed by atoms with van der Waals surface area (Å²) >= 11 is 0. The Bertz CT molecular complexity index is 995. The highest BCUT2D eigenvalue weighted by molar-refractivity contribution is 5.92. The third-order valence-electron chi connectivity index (χ3n) is 4.71. The van der Waals surface area contributed by atoms with Crippen LogP contribution < -0.4 is 4.74 Å².